The summed E-state index contributed by atoms with van der Waals surface area (Å²) in [7, 11) is 3.75. The molecular formula is C10H27ClN2O2. The summed E-state index contributed by atoms with van der Waals surface area (Å²) in [5.41, 5.74) is 0. The van der Waals surface area contributed by atoms with Crippen LogP contribution >= 0.6 is 12.4 Å². The van der Waals surface area contributed by atoms with Crippen LogP contribution in [-0.4, -0.2) is 61.6 Å². The van der Waals surface area contributed by atoms with Gasteiger partial charge in [-0.15, -0.1) is 12.4 Å². The summed E-state index contributed by atoms with van der Waals surface area (Å²) in [5.74, 6) is 0. The Bertz CT molecular complexity index is 103. The highest BCUT2D eigenvalue weighted by Crippen LogP contribution is 2.01. The van der Waals surface area contributed by atoms with Crippen LogP contribution in [0.3, 0.4) is 0 Å². The number of aliphatic hydroxyl groups is 2. The second kappa shape index (κ2) is 16.6. The van der Waals surface area contributed by atoms with E-state index >= 15 is 0 Å². The third kappa shape index (κ3) is 12.1. The Hall–Kier alpha value is 0.130. The second-order valence-corrected chi connectivity index (χ2v) is 3.10. The number of hydrogen-bond donors (Lipinski definition) is 3. The van der Waals surface area contributed by atoms with Crippen LogP contribution in [0.15, 0.2) is 0 Å². The van der Waals surface area contributed by atoms with Crippen molar-refractivity contribution in [1.82, 2.24) is 10.2 Å². The zero-order valence-corrected chi connectivity index (χ0v) is 11.2. The molecule has 0 aromatic heterocycles. The first-order valence-electron chi connectivity index (χ1n) is 5.25. The summed E-state index contributed by atoms with van der Waals surface area (Å²) < 4.78 is 0. The molecule has 0 aliphatic heterocycles. The van der Waals surface area contributed by atoms with Crippen LogP contribution in [0.4, 0.5) is 0 Å². The van der Waals surface area contributed by atoms with E-state index in [0.717, 1.165) is 13.0 Å². The average molecular weight is 243 g/mol. The topological polar surface area (TPSA) is 55.7 Å². The minimum absolute atomic E-state index is 0. The number of nitrogens with zero attached hydrogens (tertiary/aromatic N) is 1. The first-order valence-corrected chi connectivity index (χ1v) is 5.25. The lowest BCUT2D eigenvalue weighted by molar-refractivity contribution is 0.104. The Balaban J connectivity index is -0.000000320. The Kier molecular flexibility index (Phi) is 22.7. The second-order valence-electron chi connectivity index (χ2n) is 3.10. The molecule has 0 aromatic rings. The summed E-state index contributed by atoms with van der Waals surface area (Å²) >= 11 is 0. The maximum Gasteiger partial charge on any atom is 0.0586 e. The lowest BCUT2D eigenvalue weighted by atomic mass is 10.2. The fourth-order valence-corrected chi connectivity index (χ4v) is 1.23. The van der Waals surface area contributed by atoms with Crippen molar-refractivity contribution in [2.45, 2.75) is 26.3 Å². The highest BCUT2D eigenvalue weighted by molar-refractivity contribution is 5.85. The Morgan fingerprint density at radius 2 is 1.67 bits per heavy atom. The number of likely N-dealkylation sites (N-methyl/N-ethyl adjacent to an activating group) is 1. The first kappa shape index (κ1) is 20.5. The van der Waals surface area contributed by atoms with Crippen molar-refractivity contribution < 1.29 is 10.2 Å². The van der Waals surface area contributed by atoms with E-state index in [0.29, 0.717) is 6.54 Å². The molecule has 96 valence electrons. The van der Waals surface area contributed by atoms with Crippen molar-refractivity contribution in [2.24, 2.45) is 0 Å². The minimum atomic E-state index is 0. The molecule has 0 amide bonds. The van der Waals surface area contributed by atoms with Crippen molar-refractivity contribution >= 4 is 12.4 Å². The van der Waals surface area contributed by atoms with Crippen LogP contribution in [0.25, 0.3) is 0 Å². The number of rotatable bonds is 6. The van der Waals surface area contributed by atoms with Crippen molar-refractivity contribution in [3.8, 4) is 0 Å². The van der Waals surface area contributed by atoms with Crippen LogP contribution in [0.2, 0.25) is 0 Å². The summed E-state index contributed by atoms with van der Waals surface area (Å²) in [5, 5.41) is 20.4. The van der Waals surface area contributed by atoms with Gasteiger partial charge in [-0.25, -0.2) is 0 Å². The molecule has 0 bridgehead atoms. The summed E-state index contributed by atoms with van der Waals surface area (Å²) in [4.78, 5) is 2.08. The smallest absolute Gasteiger partial charge is 0.0586 e. The van der Waals surface area contributed by atoms with Crippen LogP contribution in [0.1, 0.15) is 20.3 Å². The molecule has 5 heteroatoms. The molecule has 3 N–H and O–H groups in total. The molecule has 1 unspecified atom stereocenters. The maximum absolute atomic E-state index is 8.93. The lowest BCUT2D eigenvalue weighted by Gasteiger charge is -2.27. The molecule has 0 heterocycles. The minimum Gasteiger partial charge on any atom is -0.395 e. The highest BCUT2D eigenvalue weighted by atomic mass is 35.5. The van der Waals surface area contributed by atoms with Gasteiger partial charge in [0.2, 0.25) is 0 Å². The van der Waals surface area contributed by atoms with Gasteiger partial charge < -0.3 is 15.5 Å². The SMILES string of the molecule is CCC(CO)N(CC)CCO.CNC.Cl. The van der Waals surface area contributed by atoms with E-state index < -0.39 is 0 Å². The van der Waals surface area contributed by atoms with Crippen molar-refractivity contribution in [1.29, 1.82) is 0 Å². The van der Waals surface area contributed by atoms with E-state index in [1.807, 2.05) is 27.9 Å². The van der Waals surface area contributed by atoms with Gasteiger partial charge in [-0.2, -0.15) is 0 Å². The molecule has 0 saturated heterocycles. The van der Waals surface area contributed by atoms with Gasteiger partial charge in [-0.1, -0.05) is 13.8 Å². The van der Waals surface area contributed by atoms with E-state index in [1.165, 1.54) is 0 Å². The molecule has 0 spiro atoms. The van der Waals surface area contributed by atoms with Gasteiger partial charge in [0.15, 0.2) is 0 Å². The number of halogens is 1. The number of aliphatic hydroxyl groups excluding tert-OH is 2. The molecule has 0 saturated carbocycles. The van der Waals surface area contributed by atoms with Crippen LogP contribution < -0.4 is 5.32 Å². The summed E-state index contributed by atoms with van der Waals surface area (Å²) in [6, 6.07) is 0.215. The van der Waals surface area contributed by atoms with E-state index in [1.54, 1.807) is 0 Å². The molecule has 1 atom stereocenters. The van der Waals surface area contributed by atoms with Gasteiger partial charge in [-0.3, -0.25) is 4.90 Å². The first-order chi connectivity index (χ1) is 6.71. The monoisotopic (exact) mass is 242 g/mol. The molecule has 0 aliphatic rings. The zero-order valence-electron chi connectivity index (χ0n) is 10.4. The molecule has 0 rings (SSSR count). The highest BCUT2D eigenvalue weighted by Gasteiger charge is 2.12. The lowest BCUT2D eigenvalue weighted by Crippen LogP contribution is -2.39. The van der Waals surface area contributed by atoms with E-state index in [9.17, 15) is 0 Å². The molecule has 0 aromatic carbocycles. The number of nitrogens with one attached hydrogen (secondary N) is 1. The normalized spacial score (nSPS) is 11.4. The van der Waals surface area contributed by atoms with Gasteiger partial charge in [0, 0.05) is 12.6 Å². The van der Waals surface area contributed by atoms with E-state index in [-0.39, 0.29) is 31.7 Å². The maximum atomic E-state index is 8.93. The standard InChI is InChI=1S/C8H19NO2.C2H7N.ClH/c1-3-8(7-11)9(4-2)5-6-10;1-3-2;/h8,10-11H,3-7H2,1-2H3;3H,1-2H3;1H. The molecule has 0 aliphatic carbocycles. The van der Waals surface area contributed by atoms with Crippen molar-refractivity contribution in [3.63, 3.8) is 0 Å². The van der Waals surface area contributed by atoms with E-state index in [2.05, 4.69) is 10.2 Å². The van der Waals surface area contributed by atoms with Gasteiger partial charge in [0.1, 0.15) is 0 Å². The Morgan fingerprint density at radius 3 is 1.87 bits per heavy atom. The number of hydrogen-bond acceptors (Lipinski definition) is 4. The molecule has 0 fully saturated rings. The average Bonchev–Trinajstić information content (AvgIpc) is 2.19. The van der Waals surface area contributed by atoms with Gasteiger partial charge in [-0.05, 0) is 27.1 Å². The van der Waals surface area contributed by atoms with Gasteiger partial charge in [0.05, 0.1) is 13.2 Å². The van der Waals surface area contributed by atoms with Crippen molar-refractivity contribution in [3.05, 3.63) is 0 Å². The van der Waals surface area contributed by atoms with Crippen LogP contribution in [-0.2, 0) is 0 Å². The largest absolute Gasteiger partial charge is 0.395 e. The summed E-state index contributed by atoms with van der Waals surface area (Å²) in [6.07, 6.45) is 0.935. The Morgan fingerprint density at radius 1 is 1.20 bits per heavy atom. The predicted molar refractivity (Wildman–Crippen MR) is 67.7 cm³/mol. The van der Waals surface area contributed by atoms with Crippen LogP contribution in [0.5, 0.6) is 0 Å². The van der Waals surface area contributed by atoms with E-state index in [4.69, 9.17) is 10.2 Å². The molecule has 0 radical (unpaired) electrons. The molecule has 4 nitrogen and oxygen atoms in total. The molecule has 15 heavy (non-hydrogen) atoms. The summed E-state index contributed by atoms with van der Waals surface area (Å²) in [6.45, 7) is 5.98. The Labute approximate surface area is 100 Å². The fourth-order valence-electron chi connectivity index (χ4n) is 1.23. The quantitative estimate of drug-likeness (QED) is 0.629. The zero-order chi connectivity index (χ0) is 11.4. The van der Waals surface area contributed by atoms with Gasteiger partial charge >= 0.3 is 0 Å². The third-order valence-corrected chi connectivity index (χ3v) is 1.99. The fraction of sp³-hybridized carbons (Fsp3) is 1.00. The third-order valence-electron chi connectivity index (χ3n) is 1.99. The van der Waals surface area contributed by atoms with Crippen LogP contribution in [0, 0.1) is 0 Å². The predicted octanol–water partition coefficient (Wildman–Crippen LogP) is 0.329. The van der Waals surface area contributed by atoms with Crippen molar-refractivity contribution in [2.75, 3.05) is 40.4 Å². The molecular weight excluding hydrogens is 216 g/mol. The van der Waals surface area contributed by atoms with Gasteiger partial charge in [0.25, 0.3) is 0 Å².